The molecule has 0 bridgehead atoms. The lowest BCUT2D eigenvalue weighted by Gasteiger charge is -2.33. The zero-order chi connectivity index (χ0) is 22.4. The third-order valence-corrected chi connectivity index (χ3v) is 6.35. The van der Waals surface area contributed by atoms with Crippen LogP contribution in [0.3, 0.4) is 0 Å². The molecule has 8 heteroatoms. The number of likely N-dealkylation sites (tertiary alicyclic amines) is 1. The van der Waals surface area contributed by atoms with Crippen molar-refractivity contribution in [3.05, 3.63) is 53.2 Å². The average Bonchev–Trinajstić information content (AvgIpc) is 2.78. The predicted molar refractivity (Wildman–Crippen MR) is 124 cm³/mol. The molecule has 1 aliphatic heterocycles. The summed E-state index contributed by atoms with van der Waals surface area (Å²) in [5, 5.41) is 4.38. The first-order chi connectivity index (χ1) is 14.8. The summed E-state index contributed by atoms with van der Waals surface area (Å²) in [5.41, 5.74) is -0.346. The third kappa shape index (κ3) is 6.14. The van der Waals surface area contributed by atoms with Crippen LogP contribution in [0.25, 0.3) is 0 Å². The first-order valence-corrected chi connectivity index (χ1v) is 11.9. The molecular weight excluding hydrogens is 434 g/mol. The molecule has 0 saturated carbocycles. The number of amides is 2. The lowest BCUT2D eigenvalue weighted by Crippen LogP contribution is -2.49. The van der Waals surface area contributed by atoms with Crippen molar-refractivity contribution in [3.63, 3.8) is 0 Å². The van der Waals surface area contributed by atoms with E-state index in [-0.39, 0.29) is 11.8 Å². The zero-order valence-corrected chi connectivity index (χ0v) is 19.6. The predicted octanol–water partition coefficient (Wildman–Crippen LogP) is 4.28. The van der Waals surface area contributed by atoms with E-state index in [0.717, 1.165) is 17.9 Å². The molecule has 0 unspecified atom stereocenters. The van der Waals surface area contributed by atoms with Crippen molar-refractivity contribution in [1.82, 2.24) is 15.2 Å². The second kappa shape index (κ2) is 10.4. The smallest absolute Gasteiger partial charge is 0.263 e. The molecule has 1 fully saturated rings. The molecule has 1 N–H and O–H groups in total. The van der Waals surface area contributed by atoms with E-state index < -0.39 is 5.60 Å². The van der Waals surface area contributed by atoms with Gasteiger partial charge < -0.3 is 15.0 Å². The minimum Gasteiger partial charge on any atom is -0.478 e. The molecule has 3 rings (SSSR count). The highest BCUT2D eigenvalue weighted by molar-refractivity contribution is 7.98. The Kier molecular flexibility index (Phi) is 7.84. The van der Waals surface area contributed by atoms with Crippen molar-refractivity contribution in [2.75, 3.05) is 25.9 Å². The SMILES string of the molecule is CSc1ncccc1C(=O)N1CCC(CNC(=O)C(C)(C)Oc2ccc(Cl)cc2)CC1. The monoisotopic (exact) mass is 461 g/mol. The molecule has 6 nitrogen and oxygen atoms in total. The Morgan fingerprint density at radius 2 is 1.90 bits per heavy atom. The Morgan fingerprint density at radius 1 is 1.23 bits per heavy atom. The van der Waals surface area contributed by atoms with Gasteiger partial charge in [-0.3, -0.25) is 9.59 Å². The number of benzene rings is 1. The average molecular weight is 462 g/mol. The molecular formula is C23H28ClN3O3S. The van der Waals surface area contributed by atoms with E-state index in [1.54, 1.807) is 50.4 Å². The van der Waals surface area contributed by atoms with Crippen molar-refractivity contribution in [3.8, 4) is 5.75 Å². The molecule has 0 radical (unpaired) electrons. The highest BCUT2D eigenvalue weighted by Gasteiger charge is 2.31. The van der Waals surface area contributed by atoms with Gasteiger partial charge in [0.05, 0.1) is 5.56 Å². The van der Waals surface area contributed by atoms with Crippen LogP contribution in [0.5, 0.6) is 5.75 Å². The molecule has 2 heterocycles. The van der Waals surface area contributed by atoms with Gasteiger partial charge in [-0.15, -0.1) is 11.8 Å². The lowest BCUT2D eigenvalue weighted by atomic mass is 9.96. The van der Waals surface area contributed by atoms with Crippen LogP contribution < -0.4 is 10.1 Å². The number of aromatic nitrogens is 1. The van der Waals surface area contributed by atoms with Crippen LogP contribution in [0.1, 0.15) is 37.0 Å². The van der Waals surface area contributed by atoms with Gasteiger partial charge in [0, 0.05) is 30.9 Å². The van der Waals surface area contributed by atoms with Gasteiger partial charge >= 0.3 is 0 Å². The van der Waals surface area contributed by atoms with E-state index in [4.69, 9.17) is 16.3 Å². The highest BCUT2D eigenvalue weighted by Crippen LogP contribution is 2.24. The highest BCUT2D eigenvalue weighted by atomic mass is 35.5. The first kappa shape index (κ1) is 23.4. The number of halogens is 1. The van der Waals surface area contributed by atoms with Gasteiger partial charge in [-0.2, -0.15) is 0 Å². The van der Waals surface area contributed by atoms with E-state index in [0.29, 0.717) is 41.9 Å². The maximum Gasteiger partial charge on any atom is 0.263 e. The van der Waals surface area contributed by atoms with Gasteiger partial charge in [0.1, 0.15) is 10.8 Å². The Bertz CT molecular complexity index is 913. The van der Waals surface area contributed by atoms with Gasteiger partial charge in [0.15, 0.2) is 5.60 Å². The van der Waals surface area contributed by atoms with Crippen LogP contribution in [0, 0.1) is 5.92 Å². The van der Waals surface area contributed by atoms with E-state index in [2.05, 4.69) is 10.3 Å². The fourth-order valence-electron chi connectivity index (χ4n) is 3.52. The normalized spacial score (nSPS) is 14.9. The number of thioether (sulfide) groups is 1. The van der Waals surface area contributed by atoms with Gasteiger partial charge in [-0.05, 0) is 75.3 Å². The number of hydrogen-bond donors (Lipinski definition) is 1. The van der Waals surface area contributed by atoms with Crippen LogP contribution in [0.15, 0.2) is 47.6 Å². The van der Waals surface area contributed by atoms with E-state index in [9.17, 15) is 9.59 Å². The molecule has 31 heavy (non-hydrogen) atoms. The molecule has 2 aromatic rings. The van der Waals surface area contributed by atoms with Crippen molar-refractivity contribution in [2.45, 2.75) is 37.3 Å². The molecule has 1 aromatic carbocycles. The molecule has 0 atom stereocenters. The van der Waals surface area contributed by atoms with E-state index in [1.165, 1.54) is 11.8 Å². The number of hydrogen-bond acceptors (Lipinski definition) is 5. The third-order valence-electron chi connectivity index (χ3n) is 5.38. The number of carbonyl (C=O) groups is 2. The largest absolute Gasteiger partial charge is 0.478 e. The Morgan fingerprint density at radius 3 is 2.55 bits per heavy atom. The van der Waals surface area contributed by atoms with E-state index >= 15 is 0 Å². The van der Waals surface area contributed by atoms with Crippen LogP contribution in [0.2, 0.25) is 5.02 Å². The van der Waals surface area contributed by atoms with Crippen LogP contribution >= 0.6 is 23.4 Å². The van der Waals surface area contributed by atoms with Gasteiger partial charge in [0.2, 0.25) is 0 Å². The quantitative estimate of drug-likeness (QED) is 0.623. The van der Waals surface area contributed by atoms with Gasteiger partial charge in [-0.25, -0.2) is 4.98 Å². The summed E-state index contributed by atoms with van der Waals surface area (Å²) in [4.78, 5) is 31.7. The summed E-state index contributed by atoms with van der Waals surface area (Å²) in [6, 6.07) is 10.6. The summed E-state index contributed by atoms with van der Waals surface area (Å²) in [5.74, 6) is 0.781. The molecule has 2 amide bonds. The fourth-order valence-corrected chi connectivity index (χ4v) is 4.19. The first-order valence-electron chi connectivity index (χ1n) is 10.3. The molecule has 1 saturated heterocycles. The summed E-state index contributed by atoms with van der Waals surface area (Å²) in [6.07, 6.45) is 5.32. The van der Waals surface area contributed by atoms with E-state index in [1.807, 2.05) is 17.2 Å². The van der Waals surface area contributed by atoms with Crippen molar-refractivity contribution < 1.29 is 14.3 Å². The second-order valence-corrected chi connectivity index (χ2v) is 9.30. The van der Waals surface area contributed by atoms with Crippen LogP contribution in [-0.2, 0) is 4.79 Å². The van der Waals surface area contributed by atoms with Crippen molar-refractivity contribution in [1.29, 1.82) is 0 Å². The molecule has 1 aliphatic rings. The summed E-state index contributed by atoms with van der Waals surface area (Å²) in [6.45, 7) is 5.40. The number of carbonyl (C=O) groups excluding carboxylic acids is 2. The molecule has 0 spiro atoms. The summed E-state index contributed by atoms with van der Waals surface area (Å²) < 4.78 is 5.85. The second-order valence-electron chi connectivity index (χ2n) is 8.07. The number of nitrogens with one attached hydrogen (secondary N) is 1. The number of pyridine rings is 1. The number of piperidine rings is 1. The Balaban J connectivity index is 1.47. The van der Waals surface area contributed by atoms with Gasteiger partial charge in [0.25, 0.3) is 11.8 Å². The van der Waals surface area contributed by atoms with Crippen molar-refractivity contribution in [2.24, 2.45) is 5.92 Å². The maximum atomic E-state index is 12.9. The zero-order valence-electron chi connectivity index (χ0n) is 18.1. The summed E-state index contributed by atoms with van der Waals surface area (Å²) >= 11 is 7.38. The minimum atomic E-state index is -1.00. The number of ether oxygens (including phenoxy) is 1. The number of rotatable bonds is 7. The Hall–Kier alpha value is -2.25. The lowest BCUT2D eigenvalue weighted by molar-refractivity contribution is -0.134. The summed E-state index contributed by atoms with van der Waals surface area (Å²) in [7, 11) is 0. The van der Waals surface area contributed by atoms with Crippen LogP contribution in [0.4, 0.5) is 0 Å². The maximum absolute atomic E-state index is 12.9. The van der Waals surface area contributed by atoms with Gasteiger partial charge in [-0.1, -0.05) is 11.6 Å². The Labute approximate surface area is 192 Å². The number of nitrogens with zero attached hydrogens (tertiary/aromatic N) is 2. The topological polar surface area (TPSA) is 71.5 Å². The fraction of sp³-hybridized carbons (Fsp3) is 0.435. The van der Waals surface area contributed by atoms with Crippen molar-refractivity contribution >= 4 is 35.2 Å². The molecule has 1 aromatic heterocycles. The standard InChI is InChI=1S/C23H28ClN3O3S/c1-23(2,30-18-8-6-17(24)7-9-18)22(29)26-15-16-10-13-27(14-11-16)21(28)19-5-4-12-25-20(19)31-3/h4-9,12,16H,10-11,13-15H2,1-3H3,(H,26,29). The minimum absolute atomic E-state index is 0.0254. The van der Waals surface area contributed by atoms with Crippen LogP contribution in [-0.4, -0.2) is 53.2 Å². The molecule has 0 aliphatic carbocycles. The molecule has 166 valence electrons.